The molecule has 26 heavy (non-hydrogen) atoms. The van der Waals surface area contributed by atoms with Gasteiger partial charge in [-0.1, -0.05) is 84.0 Å². The van der Waals surface area contributed by atoms with E-state index >= 15 is 0 Å². The van der Waals surface area contributed by atoms with Gasteiger partial charge in [0.1, 0.15) is 0 Å². The summed E-state index contributed by atoms with van der Waals surface area (Å²) in [5, 5.41) is 8.13. The summed E-state index contributed by atoms with van der Waals surface area (Å²) in [7, 11) is 2.09. The van der Waals surface area contributed by atoms with Crippen molar-refractivity contribution in [2.45, 2.75) is 6.17 Å². The number of nitrogens with zero attached hydrogens (tertiary/aromatic N) is 2. The van der Waals surface area contributed by atoms with Crippen LogP contribution in [0.1, 0.15) is 17.3 Å². The summed E-state index contributed by atoms with van der Waals surface area (Å²) in [6.07, 6.45) is 0.0663. The standard InChI is InChI=1S/C21H20N4.ClH/c1-24-21(18-13-7-3-8-14-18)25(22-19-15-9-4-10-16-19)20(23-24)17-11-5-2-6-12-17;/h2-16,21-22H,1H3;1H. The number of benzene rings is 3. The van der Waals surface area contributed by atoms with Gasteiger partial charge in [-0.3, -0.25) is 5.43 Å². The number of anilines is 1. The maximum Gasteiger partial charge on any atom is 0.233 e. The Morgan fingerprint density at radius 1 is 0.808 bits per heavy atom. The lowest BCUT2D eigenvalue weighted by Crippen LogP contribution is -3.04. The second-order valence-electron chi connectivity index (χ2n) is 6.10. The van der Waals surface area contributed by atoms with Gasteiger partial charge in [0.05, 0.1) is 12.7 Å². The van der Waals surface area contributed by atoms with Gasteiger partial charge in [-0.05, 0) is 12.1 Å². The number of hydrazine groups is 1. The van der Waals surface area contributed by atoms with Crippen LogP contribution in [0.25, 0.3) is 0 Å². The number of nitrogens with one attached hydrogen (secondary N) is 2. The van der Waals surface area contributed by atoms with Crippen molar-refractivity contribution in [3.63, 3.8) is 0 Å². The zero-order chi connectivity index (χ0) is 17.1. The molecular weight excluding hydrogens is 344 g/mol. The second kappa shape index (κ2) is 8.04. The van der Waals surface area contributed by atoms with E-state index < -0.39 is 0 Å². The summed E-state index contributed by atoms with van der Waals surface area (Å²) in [4.78, 5) is 0. The minimum Gasteiger partial charge on any atom is -1.00 e. The topological polar surface area (TPSA) is 32.1 Å². The Morgan fingerprint density at radius 3 is 1.96 bits per heavy atom. The molecule has 2 atom stereocenters. The number of hydrogen-bond donors (Lipinski definition) is 2. The van der Waals surface area contributed by atoms with Crippen LogP contribution in [0.2, 0.25) is 0 Å². The van der Waals surface area contributed by atoms with E-state index in [0.717, 1.165) is 22.1 Å². The highest BCUT2D eigenvalue weighted by Gasteiger charge is 2.39. The van der Waals surface area contributed by atoms with Crippen molar-refractivity contribution < 1.29 is 17.4 Å². The van der Waals surface area contributed by atoms with E-state index in [2.05, 4.69) is 66.0 Å². The van der Waals surface area contributed by atoms with Crippen molar-refractivity contribution in [2.24, 2.45) is 5.10 Å². The van der Waals surface area contributed by atoms with Crippen LogP contribution in [0.4, 0.5) is 5.69 Å². The quantitative estimate of drug-likeness (QED) is 0.678. The lowest BCUT2D eigenvalue weighted by molar-refractivity contribution is -0.921. The van der Waals surface area contributed by atoms with Crippen molar-refractivity contribution in [3.8, 4) is 0 Å². The lowest BCUT2D eigenvalue weighted by Gasteiger charge is -2.27. The van der Waals surface area contributed by atoms with Crippen molar-refractivity contribution in [3.05, 3.63) is 102 Å². The molecule has 132 valence electrons. The zero-order valence-electron chi connectivity index (χ0n) is 14.5. The van der Waals surface area contributed by atoms with E-state index in [1.165, 1.54) is 5.56 Å². The van der Waals surface area contributed by atoms with Crippen LogP contribution in [0.3, 0.4) is 0 Å². The maximum absolute atomic E-state index is 4.89. The molecule has 0 radical (unpaired) electrons. The highest BCUT2D eigenvalue weighted by Crippen LogP contribution is 2.23. The fraction of sp³-hybridized carbons (Fsp3) is 0.0952. The number of amidine groups is 1. The molecule has 1 aliphatic heterocycles. The van der Waals surface area contributed by atoms with E-state index in [4.69, 9.17) is 5.10 Å². The Kier molecular flexibility index (Phi) is 5.56. The summed E-state index contributed by atoms with van der Waals surface area (Å²) < 4.78 is 0. The van der Waals surface area contributed by atoms with Crippen LogP contribution in [0, 0.1) is 0 Å². The molecule has 0 fully saturated rings. The Bertz CT molecular complexity index is 853. The normalized spacial score (nSPS) is 18.8. The molecule has 3 aromatic carbocycles. The molecule has 0 aromatic heterocycles. The van der Waals surface area contributed by atoms with E-state index in [1.54, 1.807) is 0 Å². The lowest BCUT2D eigenvalue weighted by atomic mass is 10.1. The maximum atomic E-state index is 4.89. The summed E-state index contributed by atoms with van der Waals surface area (Å²) in [5.74, 6) is 0.941. The minimum atomic E-state index is 0. The Hall–Kier alpha value is -2.82. The van der Waals surface area contributed by atoms with Crippen LogP contribution in [0.15, 0.2) is 96.1 Å². The predicted molar refractivity (Wildman–Crippen MR) is 101 cm³/mol. The largest absolute Gasteiger partial charge is 1.00 e. The molecule has 5 heteroatoms. The molecule has 0 spiro atoms. The van der Waals surface area contributed by atoms with Gasteiger partial charge in [-0.15, -0.1) is 0 Å². The molecule has 4 nitrogen and oxygen atoms in total. The molecular formula is C21H21ClN4. The van der Waals surface area contributed by atoms with Crippen molar-refractivity contribution in [1.29, 1.82) is 0 Å². The monoisotopic (exact) mass is 364 g/mol. The zero-order valence-corrected chi connectivity index (χ0v) is 15.3. The summed E-state index contributed by atoms with van der Waals surface area (Å²) in [6.45, 7) is 0. The van der Waals surface area contributed by atoms with Gasteiger partial charge in [0.2, 0.25) is 12.0 Å². The summed E-state index contributed by atoms with van der Waals surface area (Å²) >= 11 is 0. The Morgan fingerprint density at radius 2 is 1.35 bits per heavy atom. The first kappa shape index (κ1) is 18.0. The highest BCUT2D eigenvalue weighted by molar-refractivity contribution is 5.99. The molecule has 3 aromatic rings. The van der Waals surface area contributed by atoms with Gasteiger partial charge < -0.3 is 12.4 Å². The van der Waals surface area contributed by atoms with Crippen LogP contribution in [0.5, 0.6) is 0 Å². The van der Waals surface area contributed by atoms with Crippen LogP contribution in [-0.4, -0.2) is 17.9 Å². The summed E-state index contributed by atoms with van der Waals surface area (Å²) in [6, 6.07) is 31.0. The number of quaternary nitrogens is 1. The van der Waals surface area contributed by atoms with Crippen LogP contribution in [-0.2, 0) is 0 Å². The molecule has 0 saturated heterocycles. The number of hydrogen-bond acceptors (Lipinski definition) is 3. The van der Waals surface area contributed by atoms with Gasteiger partial charge in [-0.25, -0.2) is 5.01 Å². The molecule has 0 aliphatic carbocycles. The average molecular weight is 365 g/mol. The fourth-order valence-electron chi connectivity index (χ4n) is 3.18. The average Bonchev–Trinajstić information content (AvgIpc) is 3.00. The molecule has 2 N–H and O–H groups in total. The highest BCUT2D eigenvalue weighted by atomic mass is 35.5. The molecule has 0 saturated carbocycles. The third kappa shape index (κ3) is 3.57. The molecule has 0 amide bonds. The minimum absolute atomic E-state index is 0. The van der Waals surface area contributed by atoms with Gasteiger partial charge in [0.25, 0.3) is 0 Å². The van der Waals surface area contributed by atoms with Crippen molar-refractivity contribution >= 4 is 11.5 Å². The van der Waals surface area contributed by atoms with E-state index in [0.29, 0.717) is 0 Å². The van der Waals surface area contributed by atoms with E-state index in [9.17, 15) is 0 Å². The number of halogens is 1. The van der Waals surface area contributed by atoms with Crippen LogP contribution >= 0.6 is 0 Å². The third-order valence-electron chi connectivity index (χ3n) is 4.34. The molecule has 1 aliphatic rings. The smallest absolute Gasteiger partial charge is 0.233 e. The third-order valence-corrected chi connectivity index (χ3v) is 4.34. The first-order valence-corrected chi connectivity index (χ1v) is 8.46. The number of rotatable bonds is 4. The van der Waals surface area contributed by atoms with Gasteiger partial charge >= 0.3 is 0 Å². The molecule has 4 rings (SSSR count). The van der Waals surface area contributed by atoms with E-state index in [-0.39, 0.29) is 18.6 Å². The Balaban J connectivity index is 0.00000196. The summed E-state index contributed by atoms with van der Waals surface area (Å²) in [5.41, 5.74) is 6.91. The SMILES string of the molecule is C[NH+]1N=C(c2ccccc2)N(Nc2ccccc2)C1c1ccccc1.[Cl-]. The van der Waals surface area contributed by atoms with Crippen molar-refractivity contribution in [1.82, 2.24) is 5.01 Å². The first-order chi connectivity index (χ1) is 12.3. The number of para-hydroxylation sites is 1. The first-order valence-electron chi connectivity index (χ1n) is 8.46. The predicted octanol–water partition coefficient (Wildman–Crippen LogP) is -0.0916. The van der Waals surface area contributed by atoms with E-state index in [1.807, 2.05) is 42.5 Å². The molecule has 0 bridgehead atoms. The van der Waals surface area contributed by atoms with Gasteiger partial charge in [0, 0.05) is 11.1 Å². The van der Waals surface area contributed by atoms with Crippen LogP contribution < -0.4 is 22.8 Å². The molecule has 2 unspecified atom stereocenters. The van der Waals surface area contributed by atoms with Gasteiger partial charge in [0.15, 0.2) is 0 Å². The second-order valence-corrected chi connectivity index (χ2v) is 6.10. The Labute approximate surface area is 160 Å². The van der Waals surface area contributed by atoms with Crippen molar-refractivity contribution in [2.75, 3.05) is 12.5 Å². The van der Waals surface area contributed by atoms with Gasteiger partial charge in [-0.2, -0.15) is 5.01 Å². The fourth-order valence-corrected chi connectivity index (χ4v) is 3.18. The molecule has 1 heterocycles.